The number of allylic oxidation sites excluding steroid dienone is 4. The first-order valence-electron chi connectivity index (χ1n) is 10.6. The van der Waals surface area contributed by atoms with E-state index in [9.17, 15) is 9.59 Å². The first-order chi connectivity index (χ1) is 14.3. The largest absolute Gasteiger partial charge is 0.493 e. The van der Waals surface area contributed by atoms with E-state index >= 15 is 0 Å². The van der Waals surface area contributed by atoms with Crippen LogP contribution in [0.3, 0.4) is 0 Å². The summed E-state index contributed by atoms with van der Waals surface area (Å²) in [4.78, 5) is 28.3. The maximum atomic E-state index is 13.1. The summed E-state index contributed by atoms with van der Waals surface area (Å²) in [6.45, 7) is 3.85. The van der Waals surface area contributed by atoms with Gasteiger partial charge in [0, 0.05) is 48.3 Å². The molecule has 0 radical (unpaired) electrons. The Morgan fingerprint density at radius 1 is 1.00 bits per heavy atom. The lowest BCUT2D eigenvalue weighted by Gasteiger charge is -2.42. The molecule has 0 saturated carbocycles. The molecule has 3 aliphatic rings. The first-order valence-corrected chi connectivity index (χ1v) is 11.0. The van der Waals surface area contributed by atoms with Crippen LogP contribution in [0.1, 0.15) is 63.9 Å². The minimum atomic E-state index is -0.397. The summed E-state index contributed by atoms with van der Waals surface area (Å²) in [5, 5.41) is 0.424. The van der Waals surface area contributed by atoms with Crippen LogP contribution in [-0.4, -0.2) is 36.7 Å². The third-order valence-corrected chi connectivity index (χ3v) is 6.46. The fraction of sp³-hybridized carbons (Fsp3) is 0.500. The zero-order valence-corrected chi connectivity index (χ0v) is 18.8. The number of Topliss-reactive ketones (excluding diaryl/α,β-unsaturated/α-hetero) is 2. The Hall–Kier alpha value is -2.27. The molecule has 4 rings (SSSR count). The molecule has 0 amide bonds. The van der Waals surface area contributed by atoms with Gasteiger partial charge in [0.2, 0.25) is 0 Å². The van der Waals surface area contributed by atoms with Gasteiger partial charge < -0.3 is 14.4 Å². The second kappa shape index (κ2) is 8.10. The topological polar surface area (TPSA) is 55.8 Å². The number of hydrogen-bond acceptors (Lipinski definition) is 5. The van der Waals surface area contributed by atoms with Gasteiger partial charge in [-0.3, -0.25) is 9.59 Å². The van der Waals surface area contributed by atoms with Crippen molar-refractivity contribution in [2.45, 2.75) is 64.4 Å². The van der Waals surface area contributed by atoms with E-state index < -0.39 is 5.92 Å². The van der Waals surface area contributed by atoms with Gasteiger partial charge in [0.25, 0.3) is 0 Å². The molecule has 2 aliphatic carbocycles. The molecular formula is C24H28ClNO4. The van der Waals surface area contributed by atoms with E-state index in [2.05, 4.69) is 4.90 Å². The SMILES string of the molecule is COc1cc(C2C3=C(CCCC3=O)N(C)C3=C2C(=O)CCC3)cc(Cl)c1OC(C)C. The van der Waals surface area contributed by atoms with Gasteiger partial charge in [0.1, 0.15) is 0 Å². The number of rotatable bonds is 4. The van der Waals surface area contributed by atoms with Crippen LogP contribution in [-0.2, 0) is 9.59 Å². The molecule has 5 nitrogen and oxygen atoms in total. The third-order valence-electron chi connectivity index (χ3n) is 6.18. The number of carbonyl (C=O) groups is 2. The molecule has 1 heterocycles. The molecule has 1 aromatic carbocycles. The second-order valence-electron chi connectivity index (χ2n) is 8.47. The summed E-state index contributed by atoms with van der Waals surface area (Å²) in [6, 6.07) is 3.70. The highest BCUT2D eigenvalue weighted by atomic mass is 35.5. The first kappa shape index (κ1) is 21.0. The van der Waals surface area contributed by atoms with Gasteiger partial charge in [-0.15, -0.1) is 0 Å². The molecule has 30 heavy (non-hydrogen) atoms. The summed E-state index contributed by atoms with van der Waals surface area (Å²) in [5.41, 5.74) is 4.39. The van der Waals surface area contributed by atoms with E-state index in [4.69, 9.17) is 21.1 Å². The van der Waals surface area contributed by atoms with E-state index in [0.29, 0.717) is 29.4 Å². The fourth-order valence-corrected chi connectivity index (χ4v) is 5.21. The molecule has 1 aromatic rings. The molecule has 0 N–H and O–H groups in total. The van der Waals surface area contributed by atoms with E-state index in [0.717, 1.165) is 53.8 Å². The van der Waals surface area contributed by atoms with Crippen LogP contribution in [0.2, 0.25) is 5.02 Å². The van der Waals surface area contributed by atoms with Crippen molar-refractivity contribution in [3.05, 3.63) is 45.3 Å². The minimum absolute atomic E-state index is 0.0611. The maximum absolute atomic E-state index is 13.1. The van der Waals surface area contributed by atoms with Crippen molar-refractivity contribution in [1.82, 2.24) is 4.90 Å². The maximum Gasteiger partial charge on any atom is 0.180 e. The molecule has 0 aromatic heterocycles. The Labute approximate surface area is 182 Å². The van der Waals surface area contributed by atoms with E-state index in [-0.39, 0.29) is 17.7 Å². The van der Waals surface area contributed by atoms with Gasteiger partial charge in [0.05, 0.1) is 18.2 Å². The molecule has 160 valence electrons. The number of methoxy groups -OCH3 is 1. The average molecular weight is 430 g/mol. The molecule has 6 heteroatoms. The summed E-state index contributed by atoms with van der Waals surface area (Å²) in [5.74, 6) is 0.845. The van der Waals surface area contributed by atoms with Gasteiger partial charge in [-0.25, -0.2) is 0 Å². The Morgan fingerprint density at radius 3 is 2.07 bits per heavy atom. The number of hydrogen-bond donors (Lipinski definition) is 0. The van der Waals surface area contributed by atoms with Crippen LogP contribution in [0.4, 0.5) is 0 Å². The number of carbonyl (C=O) groups excluding carboxylic acids is 2. The highest BCUT2D eigenvalue weighted by molar-refractivity contribution is 6.32. The standard InChI is InChI=1S/C24H28ClNO4/c1-13(2)30-24-15(25)11-14(12-20(24)29-4)21-22-16(7-5-9-18(22)27)26(3)17-8-6-10-19(28)23(17)21/h11-13,21H,5-10H2,1-4H3. The molecule has 0 fully saturated rings. The number of ether oxygens (including phenoxy) is 2. The Bertz CT molecular complexity index is 932. The lowest BCUT2D eigenvalue weighted by atomic mass is 9.71. The van der Waals surface area contributed by atoms with Gasteiger partial charge in [-0.1, -0.05) is 11.6 Å². The van der Waals surface area contributed by atoms with Crippen LogP contribution >= 0.6 is 11.6 Å². The van der Waals surface area contributed by atoms with Crippen molar-refractivity contribution in [3.8, 4) is 11.5 Å². The average Bonchev–Trinajstić information content (AvgIpc) is 2.70. The summed E-state index contributed by atoms with van der Waals surface area (Å²) >= 11 is 6.61. The normalized spacial score (nSPS) is 20.0. The highest BCUT2D eigenvalue weighted by Crippen LogP contribution is 2.50. The minimum Gasteiger partial charge on any atom is -0.493 e. The summed E-state index contributed by atoms with van der Waals surface area (Å²) in [6.07, 6.45) is 4.34. The van der Waals surface area contributed by atoms with Crippen LogP contribution in [0.25, 0.3) is 0 Å². The number of benzene rings is 1. The van der Waals surface area contributed by atoms with Crippen molar-refractivity contribution in [2.75, 3.05) is 14.2 Å². The molecule has 1 aliphatic heterocycles. The van der Waals surface area contributed by atoms with Gasteiger partial charge in [0.15, 0.2) is 23.1 Å². The molecule has 0 saturated heterocycles. The highest BCUT2D eigenvalue weighted by Gasteiger charge is 2.42. The Kier molecular flexibility index (Phi) is 5.67. The van der Waals surface area contributed by atoms with Crippen molar-refractivity contribution < 1.29 is 19.1 Å². The monoisotopic (exact) mass is 429 g/mol. The van der Waals surface area contributed by atoms with Crippen LogP contribution in [0.5, 0.6) is 11.5 Å². The van der Waals surface area contributed by atoms with Gasteiger partial charge >= 0.3 is 0 Å². The van der Waals surface area contributed by atoms with E-state index in [1.54, 1.807) is 7.11 Å². The summed E-state index contributed by atoms with van der Waals surface area (Å²) in [7, 11) is 3.56. The van der Waals surface area contributed by atoms with Crippen molar-refractivity contribution in [2.24, 2.45) is 0 Å². The van der Waals surface area contributed by atoms with Gasteiger partial charge in [-0.05, 0) is 57.2 Å². The zero-order chi connectivity index (χ0) is 21.6. The predicted molar refractivity (Wildman–Crippen MR) is 116 cm³/mol. The third kappa shape index (κ3) is 3.43. The lowest BCUT2D eigenvalue weighted by molar-refractivity contribution is -0.117. The quantitative estimate of drug-likeness (QED) is 0.660. The van der Waals surface area contributed by atoms with Crippen molar-refractivity contribution >= 4 is 23.2 Å². The van der Waals surface area contributed by atoms with Crippen molar-refractivity contribution in [1.29, 1.82) is 0 Å². The number of nitrogens with zero attached hydrogens (tertiary/aromatic N) is 1. The van der Waals surface area contributed by atoms with Crippen molar-refractivity contribution in [3.63, 3.8) is 0 Å². The second-order valence-corrected chi connectivity index (χ2v) is 8.87. The van der Waals surface area contributed by atoms with Crippen LogP contribution in [0, 0.1) is 0 Å². The van der Waals surface area contributed by atoms with Crippen LogP contribution in [0.15, 0.2) is 34.7 Å². The molecule has 0 bridgehead atoms. The van der Waals surface area contributed by atoms with Crippen LogP contribution < -0.4 is 9.47 Å². The zero-order valence-electron chi connectivity index (χ0n) is 18.0. The lowest BCUT2D eigenvalue weighted by Crippen LogP contribution is -2.37. The fourth-order valence-electron chi connectivity index (χ4n) is 4.94. The molecule has 0 unspecified atom stereocenters. The molecule has 0 atom stereocenters. The Morgan fingerprint density at radius 2 is 1.57 bits per heavy atom. The summed E-state index contributed by atoms with van der Waals surface area (Å²) < 4.78 is 11.4. The number of ketones is 2. The smallest absolute Gasteiger partial charge is 0.180 e. The number of halogens is 1. The Balaban J connectivity index is 1.93. The predicted octanol–water partition coefficient (Wildman–Crippen LogP) is 5.18. The molecule has 0 spiro atoms. The van der Waals surface area contributed by atoms with Gasteiger partial charge in [-0.2, -0.15) is 0 Å². The van der Waals surface area contributed by atoms with E-state index in [1.807, 2.05) is 33.0 Å². The van der Waals surface area contributed by atoms with E-state index in [1.165, 1.54) is 0 Å². The molecular weight excluding hydrogens is 402 g/mol.